The number of ether oxygens (including phenoxy) is 5. The second-order valence-corrected chi connectivity index (χ2v) is 9.65. The van der Waals surface area contributed by atoms with Crippen molar-refractivity contribution >= 4 is 23.9 Å². The quantitative estimate of drug-likeness (QED) is 0.137. The highest BCUT2D eigenvalue weighted by Crippen LogP contribution is 2.34. The lowest BCUT2D eigenvalue weighted by atomic mass is 10.0. The summed E-state index contributed by atoms with van der Waals surface area (Å²) in [7, 11) is 1.46. The number of hydrogen-bond acceptors (Lipinski definition) is 9. The topological polar surface area (TPSA) is 114 Å². The van der Waals surface area contributed by atoms with Crippen LogP contribution in [0.1, 0.15) is 32.8 Å². The van der Waals surface area contributed by atoms with Crippen LogP contribution in [0, 0.1) is 0 Å². The van der Waals surface area contributed by atoms with Gasteiger partial charge in [0, 0.05) is 23.1 Å². The minimum atomic E-state index is -0.693. The summed E-state index contributed by atoms with van der Waals surface area (Å²) in [5.41, 5.74) is 2.88. The van der Waals surface area contributed by atoms with Gasteiger partial charge in [-0.3, -0.25) is 4.79 Å². The monoisotopic (exact) mass is 584 g/mol. The molecule has 3 aromatic carbocycles. The molecule has 0 saturated carbocycles. The number of carbonyl (C=O) groups is 4. The largest absolute Gasteiger partial charge is 0.493 e. The molecule has 0 saturated heterocycles. The lowest BCUT2D eigenvalue weighted by molar-refractivity contribution is -0.134. The molecule has 0 fully saturated rings. The molecule has 0 aliphatic carbocycles. The number of carbonyl (C=O) groups excluding carboxylic acids is 4. The van der Waals surface area contributed by atoms with Gasteiger partial charge in [-0.15, -0.1) is 0 Å². The van der Waals surface area contributed by atoms with Crippen LogP contribution in [0.3, 0.4) is 0 Å². The van der Waals surface area contributed by atoms with E-state index in [0.29, 0.717) is 22.6 Å². The van der Waals surface area contributed by atoms with Crippen molar-refractivity contribution in [3.8, 4) is 39.9 Å². The summed E-state index contributed by atoms with van der Waals surface area (Å²) in [5, 5.41) is 0. The Morgan fingerprint density at radius 2 is 1.09 bits per heavy atom. The zero-order valence-electron chi connectivity index (χ0n) is 24.5. The Morgan fingerprint density at radius 3 is 1.67 bits per heavy atom. The van der Waals surface area contributed by atoms with Crippen LogP contribution < -0.4 is 23.7 Å². The van der Waals surface area contributed by atoms with Gasteiger partial charge in [0.05, 0.1) is 7.11 Å². The van der Waals surface area contributed by atoms with Crippen molar-refractivity contribution in [3.05, 3.63) is 103 Å². The average molecular weight is 585 g/mol. The van der Waals surface area contributed by atoms with Gasteiger partial charge in [-0.25, -0.2) is 14.4 Å². The van der Waals surface area contributed by atoms with Crippen LogP contribution >= 0.6 is 0 Å². The smallest absolute Gasteiger partial charge is 0.338 e. The summed E-state index contributed by atoms with van der Waals surface area (Å²) in [6.07, 6.45) is 0.238. The fourth-order valence-corrected chi connectivity index (χ4v) is 3.51. The van der Waals surface area contributed by atoms with Crippen molar-refractivity contribution in [1.29, 1.82) is 0 Å². The van der Waals surface area contributed by atoms with E-state index in [1.54, 1.807) is 55.5 Å². The minimum Gasteiger partial charge on any atom is -0.493 e. The van der Waals surface area contributed by atoms with E-state index in [2.05, 4.69) is 19.7 Å². The molecular weight excluding hydrogens is 552 g/mol. The number of esters is 4. The molecule has 0 bridgehead atoms. The third-order valence-corrected chi connectivity index (χ3v) is 5.86. The van der Waals surface area contributed by atoms with E-state index in [-0.39, 0.29) is 41.2 Å². The Bertz CT molecular complexity index is 1600. The first kappa shape index (κ1) is 32.1. The summed E-state index contributed by atoms with van der Waals surface area (Å²) < 4.78 is 26.8. The van der Waals surface area contributed by atoms with Crippen molar-refractivity contribution in [2.45, 2.75) is 33.6 Å². The van der Waals surface area contributed by atoms with E-state index < -0.39 is 23.9 Å². The first-order valence-electron chi connectivity index (χ1n) is 13.1. The van der Waals surface area contributed by atoms with Crippen LogP contribution in [-0.4, -0.2) is 31.0 Å². The van der Waals surface area contributed by atoms with E-state index in [1.165, 1.54) is 33.1 Å². The Labute approximate surface area is 250 Å². The number of aryl methyl sites for hydroxylation is 1. The maximum atomic E-state index is 12.7. The maximum Gasteiger partial charge on any atom is 0.338 e. The fourth-order valence-electron chi connectivity index (χ4n) is 3.51. The van der Waals surface area contributed by atoms with Crippen LogP contribution in [0.5, 0.6) is 28.7 Å². The van der Waals surface area contributed by atoms with Crippen LogP contribution in [0.2, 0.25) is 0 Å². The summed E-state index contributed by atoms with van der Waals surface area (Å²) >= 11 is 0. The van der Waals surface area contributed by atoms with Crippen molar-refractivity contribution in [3.63, 3.8) is 0 Å². The summed E-state index contributed by atoms with van der Waals surface area (Å²) in [6.45, 7) is 15.2. The van der Waals surface area contributed by atoms with Crippen LogP contribution in [0.25, 0.3) is 11.1 Å². The second kappa shape index (κ2) is 14.5. The molecule has 9 nitrogen and oxygen atoms in total. The fraction of sp³-hybridized carbons (Fsp3) is 0.176. The molecule has 0 heterocycles. The summed E-state index contributed by atoms with van der Waals surface area (Å²) in [6, 6.07) is 16.7. The summed E-state index contributed by atoms with van der Waals surface area (Å²) in [5.74, 6) is -1.39. The number of methoxy groups -OCH3 is 1. The summed E-state index contributed by atoms with van der Waals surface area (Å²) in [4.78, 5) is 48.6. The Balaban J connectivity index is 1.69. The zero-order valence-corrected chi connectivity index (χ0v) is 24.5. The predicted octanol–water partition coefficient (Wildman–Crippen LogP) is 6.34. The molecular formula is C34H32O9. The standard InChI is InChI=1S/C34H32O9/c1-20(2)32(36)40-26-13-10-24(11-14-26)25-12-16-27(29(19-25)39-7)41-31(35)17-9-23-8-15-28(42-33(37)21(3)4)30(18-23)43-34(38)22(5)6/h8,10-16,18-19H,1,3,5,9,17H2,2,4,6-7H3. The first-order valence-corrected chi connectivity index (χ1v) is 13.1. The third-order valence-electron chi connectivity index (χ3n) is 5.86. The van der Waals surface area contributed by atoms with E-state index in [9.17, 15) is 19.2 Å². The minimum absolute atomic E-state index is 0.00591. The predicted molar refractivity (Wildman–Crippen MR) is 160 cm³/mol. The molecule has 3 aromatic rings. The molecule has 222 valence electrons. The Morgan fingerprint density at radius 1 is 0.581 bits per heavy atom. The molecule has 3 rings (SSSR count). The molecule has 0 aliphatic heterocycles. The van der Waals surface area contributed by atoms with E-state index in [1.807, 2.05) is 0 Å². The van der Waals surface area contributed by atoms with Crippen molar-refractivity contribution in [2.75, 3.05) is 7.11 Å². The van der Waals surface area contributed by atoms with Gasteiger partial charge in [-0.05, 0) is 80.3 Å². The molecule has 0 aromatic heterocycles. The molecule has 43 heavy (non-hydrogen) atoms. The third kappa shape index (κ3) is 9.02. The van der Waals surface area contributed by atoms with E-state index in [0.717, 1.165) is 11.1 Å². The second-order valence-electron chi connectivity index (χ2n) is 9.65. The van der Waals surface area contributed by atoms with Crippen LogP contribution in [-0.2, 0) is 25.6 Å². The number of rotatable bonds is 12. The molecule has 0 amide bonds. The first-order chi connectivity index (χ1) is 20.4. The number of benzene rings is 3. The van der Waals surface area contributed by atoms with E-state index in [4.69, 9.17) is 23.7 Å². The average Bonchev–Trinajstić information content (AvgIpc) is 2.97. The van der Waals surface area contributed by atoms with Gasteiger partial charge in [0.1, 0.15) is 5.75 Å². The Hall–Kier alpha value is -5.44. The Kier molecular flexibility index (Phi) is 10.8. The van der Waals surface area contributed by atoms with Gasteiger partial charge in [-0.1, -0.05) is 44.0 Å². The van der Waals surface area contributed by atoms with Crippen LogP contribution in [0.15, 0.2) is 97.1 Å². The lowest BCUT2D eigenvalue weighted by Crippen LogP contribution is -2.13. The highest BCUT2D eigenvalue weighted by molar-refractivity contribution is 5.91. The number of hydrogen-bond donors (Lipinski definition) is 0. The highest BCUT2D eigenvalue weighted by Gasteiger charge is 2.17. The maximum absolute atomic E-state index is 12.7. The molecule has 9 heteroatoms. The van der Waals surface area contributed by atoms with E-state index >= 15 is 0 Å². The molecule has 0 unspecified atom stereocenters. The van der Waals surface area contributed by atoms with Gasteiger partial charge in [0.25, 0.3) is 0 Å². The molecule has 0 atom stereocenters. The van der Waals surface area contributed by atoms with Crippen molar-refractivity contribution in [2.24, 2.45) is 0 Å². The molecule has 0 spiro atoms. The van der Waals surface area contributed by atoms with Crippen LogP contribution in [0.4, 0.5) is 0 Å². The zero-order chi connectivity index (χ0) is 31.7. The van der Waals surface area contributed by atoms with Crippen molar-refractivity contribution < 1.29 is 42.9 Å². The molecule has 0 aliphatic rings. The van der Waals surface area contributed by atoms with Gasteiger partial charge < -0.3 is 23.7 Å². The molecule has 0 N–H and O–H groups in total. The highest BCUT2D eigenvalue weighted by atomic mass is 16.6. The molecule has 0 radical (unpaired) electrons. The normalized spacial score (nSPS) is 10.2. The van der Waals surface area contributed by atoms with Gasteiger partial charge in [0.2, 0.25) is 0 Å². The van der Waals surface area contributed by atoms with Gasteiger partial charge in [-0.2, -0.15) is 0 Å². The van der Waals surface area contributed by atoms with Gasteiger partial charge in [0.15, 0.2) is 23.0 Å². The van der Waals surface area contributed by atoms with Crippen molar-refractivity contribution in [1.82, 2.24) is 0 Å². The lowest BCUT2D eigenvalue weighted by Gasteiger charge is -2.13. The SMILES string of the molecule is C=C(C)C(=O)Oc1ccc(-c2ccc(OC(=O)CCc3ccc(OC(=O)C(=C)C)c(OC(=O)C(=C)C)c3)c(OC)c2)cc1. The van der Waals surface area contributed by atoms with Gasteiger partial charge >= 0.3 is 23.9 Å².